The van der Waals surface area contributed by atoms with Crippen molar-refractivity contribution in [3.05, 3.63) is 71.8 Å². The maximum Gasteiger partial charge on any atom is 0.139 e. The highest BCUT2D eigenvalue weighted by molar-refractivity contribution is 6.31. The maximum atomic E-state index is 6.12. The highest BCUT2D eigenvalue weighted by atomic mass is 35.5. The molecular formula is C20H11ClO2. The average molecular weight is 319 g/mol. The van der Waals surface area contributed by atoms with E-state index in [1.165, 1.54) is 0 Å². The number of furan rings is 2. The zero-order valence-corrected chi connectivity index (χ0v) is 12.8. The second kappa shape index (κ2) is 4.64. The molecule has 0 saturated heterocycles. The van der Waals surface area contributed by atoms with Crippen LogP contribution in [-0.2, 0) is 0 Å². The van der Waals surface area contributed by atoms with Crippen LogP contribution in [-0.4, -0.2) is 0 Å². The monoisotopic (exact) mass is 318 g/mol. The molecule has 0 aliphatic heterocycles. The van der Waals surface area contributed by atoms with Gasteiger partial charge in [-0.05, 0) is 30.3 Å². The van der Waals surface area contributed by atoms with E-state index in [9.17, 15) is 0 Å². The van der Waals surface area contributed by atoms with Crippen molar-refractivity contribution in [2.45, 2.75) is 0 Å². The Bertz CT molecular complexity index is 1170. The van der Waals surface area contributed by atoms with E-state index in [0.717, 1.165) is 44.2 Å². The average Bonchev–Trinajstić information content (AvgIpc) is 3.14. The molecule has 5 aromatic rings. The van der Waals surface area contributed by atoms with Crippen LogP contribution in [0, 0.1) is 0 Å². The van der Waals surface area contributed by atoms with Gasteiger partial charge in [0.05, 0.1) is 0 Å². The fourth-order valence-electron chi connectivity index (χ4n) is 3.03. The van der Waals surface area contributed by atoms with Crippen molar-refractivity contribution >= 4 is 44.5 Å². The van der Waals surface area contributed by atoms with Crippen molar-refractivity contribution in [3.8, 4) is 11.3 Å². The molecule has 0 spiro atoms. The van der Waals surface area contributed by atoms with Gasteiger partial charge >= 0.3 is 0 Å². The summed E-state index contributed by atoms with van der Waals surface area (Å²) in [6, 6.07) is 21.9. The fourth-order valence-corrected chi connectivity index (χ4v) is 3.20. The summed E-state index contributed by atoms with van der Waals surface area (Å²) in [5.41, 5.74) is 3.53. The first kappa shape index (κ1) is 12.8. The Balaban J connectivity index is 1.80. The quantitative estimate of drug-likeness (QED) is 0.346. The van der Waals surface area contributed by atoms with Crippen LogP contribution in [0.2, 0.25) is 5.02 Å². The highest BCUT2D eigenvalue weighted by Gasteiger charge is 2.12. The highest BCUT2D eigenvalue weighted by Crippen LogP contribution is 2.36. The molecular weight excluding hydrogens is 308 g/mol. The van der Waals surface area contributed by atoms with Crippen molar-refractivity contribution < 1.29 is 8.83 Å². The van der Waals surface area contributed by atoms with Crippen LogP contribution in [0.1, 0.15) is 0 Å². The van der Waals surface area contributed by atoms with Crippen LogP contribution in [0.3, 0.4) is 0 Å². The fraction of sp³-hybridized carbons (Fsp3) is 0. The summed E-state index contributed by atoms with van der Waals surface area (Å²) < 4.78 is 11.9. The van der Waals surface area contributed by atoms with Gasteiger partial charge in [-0.1, -0.05) is 41.9 Å². The van der Waals surface area contributed by atoms with Gasteiger partial charge in [-0.25, -0.2) is 0 Å². The number of hydrogen-bond donors (Lipinski definition) is 0. The van der Waals surface area contributed by atoms with E-state index < -0.39 is 0 Å². The van der Waals surface area contributed by atoms with Gasteiger partial charge in [0.15, 0.2) is 0 Å². The van der Waals surface area contributed by atoms with Crippen molar-refractivity contribution in [2.24, 2.45) is 0 Å². The first-order chi connectivity index (χ1) is 11.3. The second-order valence-corrected chi connectivity index (χ2v) is 6.04. The van der Waals surface area contributed by atoms with Crippen LogP contribution < -0.4 is 0 Å². The Morgan fingerprint density at radius 3 is 2.35 bits per heavy atom. The number of benzene rings is 3. The molecule has 2 heterocycles. The lowest BCUT2D eigenvalue weighted by Crippen LogP contribution is -1.69. The largest absolute Gasteiger partial charge is 0.456 e. The smallest absolute Gasteiger partial charge is 0.139 e. The van der Waals surface area contributed by atoms with Gasteiger partial charge in [0.1, 0.15) is 22.5 Å². The Kier molecular flexibility index (Phi) is 2.58. The molecule has 0 radical (unpaired) electrons. The third kappa shape index (κ3) is 1.96. The van der Waals surface area contributed by atoms with Gasteiger partial charge in [-0.3, -0.25) is 0 Å². The topological polar surface area (TPSA) is 26.3 Å². The van der Waals surface area contributed by atoms with Crippen LogP contribution in [0.15, 0.2) is 75.6 Å². The van der Waals surface area contributed by atoms with Gasteiger partial charge < -0.3 is 8.83 Å². The molecule has 0 N–H and O–H groups in total. The van der Waals surface area contributed by atoms with E-state index in [0.29, 0.717) is 5.02 Å². The first-order valence-electron chi connectivity index (χ1n) is 7.39. The number of hydrogen-bond acceptors (Lipinski definition) is 2. The van der Waals surface area contributed by atoms with E-state index in [1.807, 2.05) is 54.6 Å². The number of rotatable bonds is 1. The van der Waals surface area contributed by atoms with Crippen molar-refractivity contribution in [1.29, 1.82) is 0 Å². The van der Waals surface area contributed by atoms with Gasteiger partial charge in [0.2, 0.25) is 0 Å². The SMILES string of the molecule is Clc1ccc2oc3cc4oc(-c5ccccc5)cc4cc3c2c1. The summed E-state index contributed by atoms with van der Waals surface area (Å²) in [6.07, 6.45) is 0. The van der Waals surface area contributed by atoms with Gasteiger partial charge in [-0.2, -0.15) is 0 Å². The predicted molar refractivity (Wildman–Crippen MR) is 93.9 cm³/mol. The van der Waals surface area contributed by atoms with Gasteiger partial charge in [0.25, 0.3) is 0 Å². The molecule has 0 bridgehead atoms. The molecule has 2 nitrogen and oxygen atoms in total. The molecule has 3 aromatic carbocycles. The molecule has 0 aliphatic carbocycles. The zero-order chi connectivity index (χ0) is 15.4. The van der Waals surface area contributed by atoms with E-state index >= 15 is 0 Å². The molecule has 2 aromatic heterocycles. The van der Waals surface area contributed by atoms with E-state index in [4.69, 9.17) is 20.4 Å². The van der Waals surface area contributed by atoms with Crippen LogP contribution in [0.25, 0.3) is 44.2 Å². The summed E-state index contributed by atoms with van der Waals surface area (Å²) in [4.78, 5) is 0. The molecule has 0 atom stereocenters. The first-order valence-corrected chi connectivity index (χ1v) is 7.76. The molecule has 23 heavy (non-hydrogen) atoms. The summed E-state index contributed by atoms with van der Waals surface area (Å²) >= 11 is 6.12. The van der Waals surface area contributed by atoms with Crippen LogP contribution in [0.5, 0.6) is 0 Å². The third-order valence-corrected chi connectivity index (χ3v) is 4.36. The van der Waals surface area contributed by atoms with Crippen LogP contribution >= 0.6 is 11.6 Å². The van der Waals surface area contributed by atoms with Gasteiger partial charge in [0, 0.05) is 32.8 Å². The van der Waals surface area contributed by atoms with Crippen molar-refractivity contribution in [2.75, 3.05) is 0 Å². The van der Waals surface area contributed by atoms with E-state index in [-0.39, 0.29) is 0 Å². The minimum absolute atomic E-state index is 0.706. The molecule has 3 heteroatoms. The van der Waals surface area contributed by atoms with E-state index in [1.54, 1.807) is 0 Å². The molecule has 110 valence electrons. The third-order valence-electron chi connectivity index (χ3n) is 4.13. The van der Waals surface area contributed by atoms with Crippen LogP contribution in [0.4, 0.5) is 0 Å². The molecule has 5 rings (SSSR count). The Morgan fingerprint density at radius 2 is 1.48 bits per heavy atom. The maximum absolute atomic E-state index is 6.12. The lowest BCUT2D eigenvalue weighted by Gasteiger charge is -1.93. The summed E-state index contributed by atoms with van der Waals surface area (Å²) in [5.74, 6) is 0.857. The predicted octanol–water partition coefficient (Wildman–Crippen LogP) is 6.65. The molecule has 0 aliphatic rings. The number of halogens is 1. The minimum atomic E-state index is 0.706. The lowest BCUT2D eigenvalue weighted by atomic mass is 10.1. The normalized spacial score (nSPS) is 11.7. The molecule has 0 fully saturated rings. The van der Waals surface area contributed by atoms with Crippen molar-refractivity contribution in [3.63, 3.8) is 0 Å². The van der Waals surface area contributed by atoms with Gasteiger partial charge in [-0.15, -0.1) is 0 Å². The summed E-state index contributed by atoms with van der Waals surface area (Å²) in [5, 5.41) is 3.84. The lowest BCUT2D eigenvalue weighted by molar-refractivity contribution is 0.628. The number of fused-ring (bicyclic) bond motifs is 4. The molecule has 0 amide bonds. The second-order valence-electron chi connectivity index (χ2n) is 5.61. The zero-order valence-electron chi connectivity index (χ0n) is 12.0. The van der Waals surface area contributed by atoms with E-state index in [2.05, 4.69) is 12.1 Å². The summed E-state index contributed by atoms with van der Waals surface area (Å²) in [6.45, 7) is 0. The Morgan fingerprint density at radius 1 is 0.652 bits per heavy atom. The van der Waals surface area contributed by atoms with Crippen molar-refractivity contribution in [1.82, 2.24) is 0 Å². The molecule has 0 unspecified atom stereocenters. The summed E-state index contributed by atoms with van der Waals surface area (Å²) in [7, 11) is 0. The Labute approximate surface area is 136 Å². The molecule has 0 saturated carbocycles. The Hall–Kier alpha value is -2.71. The standard InChI is InChI=1S/C20H11ClO2/c21-14-6-7-17-16(10-14)15-8-13-9-18(12-4-2-1-3-5-12)23-19(13)11-20(15)22-17/h1-11H. The minimum Gasteiger partial charge on any atom is -0.456 e.